The van der Waals surface area contributed by atoms with E-state index in [0.29, 0.717) is 11.4 Å². The van der Waals surface area contributed by atoms with Gasteiger partial charge in [0.25, 0.3) is 0 Å². The number of anilines is 2. The Morgan fingerprint density at radius 2 is 1.62 bits per heavy atom. The lowest BCUT2D eigenvalue weighted by molar-refractivity contribution is 1.64. The van der Waals surface area contributed by atoms with Gasteiger partial charge in [-0.15, -0.1) is 0 Å². The van der Waals surface area contributed by atoms with Crippen LogP contribution in [0.1, 0.15) is 0 Å². The van der Waals surface area contributed by atoms with Crippen LogP contribution in [0.25, 0.3) is 11.1 Å². The van der Waals surface area contributed by atoms with Crippen LogP contribution < -0.4 is 11.5 Å². The molecule has 13 heavy (non-hydrogen) atoms. The van der Waals surface area contributed by atoms with Crippen molar-refractivity contribution >= 4 is 22.7 Å². The molecule has 3 heteroatoms. The van der Waals surface area contributed by atoms with Crippen LogP contribution in [0.2, 0.25) is 0 Å². The molecule has 1 aromatic carbocycles. The Balaban J connectivity index is 2.53. The van der Waals surface area contributed by atoms with E-state index in [2.05, 4.69) is 11.4 Å². The van der Waals surface area contributed by atoms with E-state index >= 15 is 0 Å². The third kappa shape index (κ3) is 1.65. The summed E-state index contributed by atoms with van der Waals surface area (Å²) in [6, 6.07) is 7.67. The first-order valence-electron chi connectivity index (χ1n) is 3.94. The molecule has 1 aromatic heterocycles. The largest absolute Gasteiger partial charge is 0.399 e. The van der Waals surface area contributed by atoms with Gasteiger partial charge in [0.15, 0.2) is 0 Å². The lowest BCUT2D eigenvalue weighted by atomic mass is 10.1. The second-order valence-electron chi connectivity index (χ2n) is 2.90. The third-order valence-corrected chi connectivity index (χ3v) is 2.52. The first-order valence-corrected chi connectivity index (χ1v) is 4.88. The van der Waals surface area contributed by atoms with Crippen LogP contribution in [0.5, 0.6) is 0 Å². The Morgan fingerprint density at radius 3 is 2.15 bits per heavy atom. The molecule has 4 N–H and O–H groups in total. The molecule has 0 atom stereocenters. The zero-order valence-electron chi connectivity index (χ0n) is 7.03. The Morgan fingerprint density at radius 1 is 0.923 bits per heavy atom. The zero-order chi connectivity index (χ0) is 9.26. The summed E-state index contributed by atoms with van der Waals surface area (Å²) in [6.45, 7) is 0. The van der Waals surface area contributed by atoms with Crippen molar-refractivity contribution in [3.05, 3.63) is 35.0 Å². The predicted molar refractivity (Wildman–Crippen MR) is 58.6 cm³/mol. The average molecular weight is 190 g/mol. The smallest absolute Gasteiger partial charge is 0.0340 e. The zero-order valence-corrected chi connectivity index (χ0v) is 7.84. The summed E-state index contributed by atoms with van der Waals surface area (Å²) in [7, 11) is 0. The molecule has 0 fully saturated rings. The molecule has 0 saturated carbocycles. The molecule has 2 aromatic rings. The lowest BCUT2D eigenvalue weighted by Gasteiger charge is -2.01. The Hall–Kier alpha value is -1.48. The number of nitrogen functional groups attached to an aromatic ring is 2. The molecule has 0 unspecified atom stereocenters. The quantitative estimate of drug-likeness (QED) is 0.679. The summed E-state index contributed by atoms with van der Waals surface area (Å²) in [5.74, 6) is 0. The summed E-state index contributed by atoms with van der Waals surface area (Å²) in [5.41, 5.74) is 15.0. The van der Waals surface area contributed by atoms with Crippen LogP contribution >= 0.6 is 11.3 Å². The summed E-state index contributed by atoms with van der Waals surface area (Å²) in [6.07, 6.45) is 0. The van der Waals surface area contributed by atoms with Gasteiger partial charge in [0.1, 0.15) is 0 Å². The van der Waals surface area contributed by atoms with Crippen molar-refractivity contribution in [2.75, 3.05) is 11.5 Å². The van der Waals surface area contributed by atoms with Crippen LogP contribution in [0.3, 0.4) is 0 Å². The van der Waals surface area contributed by atoms with Gasteiger partial charge in [0, 0.05) is 11.4 Å². The van der Waals surface area contributed by atoms with Gasteiger partial charge in [-0.1, -0.05) is 0 Å². The monoisotopic (exact) mass is 190 g/mol. The fourth-order valence-electron chi connectivity index (χ4n) is 1.27. The molecule has 66 valence electrons. The first kappa shape index (κ1) is 8.13. The Bertz CT molecular complexity index is 387. The minimum absolute atomic E-state index is 0.709. The van der Waals surface area contributed by atoms with E-state index < -0.39 is 0 Å². The molecular weight excluding hydrogens is 180 g/mol. The predicted octanol–water partition coefficient (Wildman–Crippen LogP) is 2.58. The van der Waals surface area contributed by atoms with Crippen molar-refractivity contribution in [2.24, 2.45) is 0 Å². The van der Waals surface area contributed by atoms with Gasteiger partial charge in [0.05, 0.1) is 0 Å². The highest BCUT2D eigenvalue weighted by atomic mass is 32.1. The maximum absolute atomic E-state index is 5.69. The summed E-state index contributed by atoms with van der Waals surface area (Å²) in [4.78, 5) is 0. The number of rotatable bonds is 1. The standard InChI is InChI=1S/C10H10N2S/c11-9-3-8(4-10(12)5-9)7-1-2-13-6-7/h1-6H,11-12H2. The summed E-state index contributed by atoms with van der Waals surface area (Å²) >= 11 is 1.66. The Labute approximate surface area is 80.8 Å². The molecule has 0 amide bonds. The van der Waals surface area contributed by atoms with E-state index in [1.807, 2.05) is 17.5 Å². The summed E-state index contributed by atoms with van der Waals surface area (Å²) in [5, 5.41) is 4.11. The average Bonchev–Trinajstić information content (AvgIpc) is 2.53. The SMILES string of the molecule is Nc1cc(N)cc(-c2ccsc2)c1. The fourth-order valence-corrected chi connectivity index (χ4v) is 1.94. The second-order valence-corrected chi connectivity index (χ2v) is 3.68. The number of thiophene rings is 1. The van der Waals surface area contributed by atoms with E-state index in [0.717, 1.165) is 5.56 Å². The van der Waals surface area contributed by atoms with Gasteiger partial charge in [-0.25, -0.2) is 0 Å². The number of hydrogen-bond acceptors (Lipinski definition) is 3. The van der Waals surface area contributed by atoms with Crippen molar-refractivity contribution < 1.29 is 0 Å². The molecule has 0 bridgehead atoms. The van der Waals surface area contributed by atoms with Crippen LogP contribution in [0.4, 0.5) is 11.4 Å². The molecule has 0 radical (unpaired) electrons. The number of nitrogens with two attached hydrogens (primary N) is 2. The fraction of sp³-hybridized carbons (Fsp3) is 0. The Kier molecular flexibility index (Phi) is 1.94. The van der Waals surface area contributed by atoms with Gasteiger partial charge >= 0.3 is 0 Å². The van der Waals surface area contributed by atoms with E-state index in [4.69, 9.17) is 11.5 Å². The van der Waals surface area contributed by atoms with Crippen LogP contribution in [0, 0.1) is 0 Å². The van der Waals surface area contributed by atoms with Crippen LogP contribution in [-0.4, -0.2) is 0 Å². The van der Waals surface area contributed by atoms with E-state index in [1.54, 1.807) is 17.4 Å². The molecule has 1 heterocycles. The minimum atomic E-state index is 0.709. The van der Waals surface area contributed by atoms with E-state index in [-0.39, 0.29) is 0 Å². The normalized spacial score (nSPS) is 10.2. The van der Waals surface area contributed by atoms with Crippen molar-refractivity contribution in [3.8, 4) is 11.1 Å². The lowest BCUT2D eigenvalue weighted by Crippen LogP contribution is -1.90. The maximum Gasteiger partial charge on any atom is 0.0340 e. The van der Waals surface area contributed by atoms with Crippen molar-refractivity contribution in [1.82, 2.24) is 0 Å². The van der Waals surface area contributed by atoms with Gasteiger partial charge in [-0.3, -0.25) is 0 Å². The van der Waals surface area contributed by atoms with Crippen LogP contribution in [-0.2, 0) is 0 Å². The molecular formula is C10H10N2S. The van der Waals surface area contributed by atoms with Gasteiger partial charge < -0.3 is 11.5 Å². The molecule has 2 rings (SSSR count). The molecule has 0 aliphatic rings. The molecule has 0 aliphatic heterocycles. The highest BCUT2D eigenvalue weighted by Crippen LogP contribution is 2.26. The van der Waals surface area contributed by atoms with E-state index in [1.165, 1.54) is 5.56 Å². The molecule has 0 aliphatic carbocycles. The topological polar surface area (TPSA) is 52.0 Å². The van der Waals surface area contributed by atoms with Gasteiger partial charge in [-0.05, 0) is 46.2 Å². The maximum atomic E-state index is 5.69. The minimum Gasteiger partial charge on any atom is -0.399 e. The third-order valence-electron chi connectivity index (χ3n) is 1.83. The van der Waals surface area contributed by atoms with Gasteiger partial charge in [-0.2, -0.15) is 11.3 Å². The first-order chi connectivity index (χ1) is 6.25. The molecule has 0 spiro atoms. The second kappa shape index (κ2) is 3.11. The number of hydrogen-bond donors (Lipinski definition) is 2. The van der Waals surface area contributed by atoms with Crippen molar-refractivity contribution in [1.29, 1.82) is 0 Å². The number of benzene rings is 1. The van der Waals surface area contributed by atoms with Crippen molar-refractivity contribution in [3.63, 3.8) is 0 Å². The molecule has 0 saturated heterocycles. The highest BCUT2D eigenvalue weighted by Gasteiger charge is 1.99. The molecule has 2 nitrogen and oxygen atoms in total. The van der Waals surface area contributed by atoms with E-state index in [9.17, 15) is 0 Å². The van der Waals surface area contributed by atoms with Gasteiger partial charge in [0.2, 0.25) is 0 Å². The van der Waals surface area contributed by atoms with Crippen molar-refractivity contribution in [2.45, 2.75) is 0 Å². The van der Waals surface area contributed by atoms with Crippen LogP contribution in [0.15, 0.2) is 35.0 Å². The summed E-state index contributed by atoms with van der Waals surface area (Å²) < 4.78 is 0. The highest BCUT2D eigenvalue weighted by molar-refractivity contribution is 7.08.